The monoisotopic (exact) mass is 378 g/mol. The first kappa shape index (κ1) is 17.0. The van der Waals surface area contributed by atoms with Gasteiger partial charge in [0.15, 0.2) is 0 Å². The average molecular weight is 378 g/mol. The second-order valence-electron chi connectivity index (χ2n) is 7.38. The number of anilines is 1. The Hall–Kier alpha value is -3.16. The molecule has 0 spiro atoms. The fourth-order valence-corrected chi connectivity index (χ4v) is 3.43. The van der Waals surface area contributed by atoms with Crippen LogP contribution in [-0.2, 0) is 24.3 Å². The second kappa shape index (κ2) is 7.10. The molecule has 5 rings (SSSR count). The van der Waals surface area contributed by atoms with Crippen LogP contribution in [0.15, 0.2) is 40.9 Å². The smallest absolute Gasteiger partial charge is 0.324 e. The molecule has 2 aromatic heterocycles. The number of fused-ring (bicyclic) bond motifs is 1. The highest BCUT2D eigenvalue weighted by atomic mass is 16.5. The average Bonchev–Trinajstić information content (AvgIpc) is 3.24. The number of carbonyl (C=O) groups is 1. The van der Waals surface area contributed by atoms with E-state index in [2.05, 4.69) is 31.5 Å². The Morgan fingerprint density at radius 1 is 1.21 bits per heavy atom. The standard InChI is InChI=1S/C20H22N6O2/c27-18(21-15-6-7-15)9-8-16-12-17-13-25(10-11-26(17)23-16)20-22-19(24-28-20)14-4-2-1-3-5-14/h1-5,12,15H,6-11,13H2,(H,21,27). The van der Waals surface area contributed by atoms with E-state index >= 15 is 0 Å². The van der Waals surface area contributed by atoms with E-state index in [9.17, 15) is 4.79 Å². The first-order valence-corrected chi connectivity index (χ1v) is 9.74. The summed E-state index contributed by atoms with van der Waals surface area (Å²) in [4.78, 5) is 18.5. The van der Waals surface area contributed by atoms with Gasteiger partial charge in [0.1, 0.15) is 0 Å². The maximum Gasteiger partial charge on any atom is 0.324 e. The second-order valence-corrected chi connectivity index (χ2v) is 7.38. The number of aromatic nitrogens is 4. The number of hydrogen-bond donors (Lipinski definition) is 1. The lowest BCUT2D eigenvalue weighted by molar-refractivity contribution is -0.121. The summed E-state index contributed by atoms with van der Waals surface area (Å²) in [5, 5.41) is 11.8. The van der Waals surface area contributed by atoms with Crippen molar-refractivity contribution in [3.8, 4) is 11.4 Å². The molecule has 2 aliphatic rings. The Bertz CT molecular complexity index is 976. The van der Waals surface area contributed by atoms with Crippen molar-refractivity contribution in [2.45, 2.75) is 44.8 Å². The number of amides is 1. The van der Waals surface area contributed by atoms with E-state index in [0.717, 1.165) is 42.9 Å². The lowest BCUT2D eigenvalue weighted by atomic mass is 10.2. The summed E-state index contributed by atoms with van der Waals surface area (Å²) in [6.07, 6.45) is 3.38. The minimum atomic E-state index is 0.120. The topological polar surface area (TPSA) is 89.1 Å². The van der Waals surface area contributed by atoms with Crippen molar-refractivity contribution in [2.24, 2.45) is 0 Å². The van der Waals surface area contributed by atoms with Crippen molar-refractivity contribution in [1.82, 2.24) is 25.2 Å². The molecule has 0 saturated heterocycles. The summed E-state index contributed by atoms with van der Waals surface area (Å²) in [6, 6.07) is 12.8. The number of nitrogens with zero attached hydrogens (tertiary/aromatic N) is 5. The normalized spacial score (nSPS) is 16.1. The Morgan fingerprint density at radius 3 is 2.89 bits per heavy atom. The Kier molecular flexibility index (Phi) is 4.31. The van der Waals surface area contributed by atoms with Gasteiger partial charge in [-0.3, -0.25) is 9.48 Å². The van der Waals surface area contributed by atoms with Gasteiger partial charge in [0, 0.05) is 31.0 Å². The highest BCUT2D eigenvalue weighted by Gasteiger charge is 2.25. The fraction of sp³-hybridized carbons (Fsp3) is 0.400. The zero-order chi connectivity index (χ0) is 18.9. The zero-order valence-corrected chi connectivity index (χ0v) is 15.5. The van der Waals surface area contributed by atoms with Crippen molar-refractivity contribution < 1.29 is 9.32 Å². The van der Waals surface area contributed by atoms with Gasteiger partial charge in [-0.2, -0.15) is 10.1 Å². The van der Waals surface area contributed by atoms with E-state index in [4.69, 9.17) is 4.52 Å². The summed E-state index contributed by atoms with van der Waals surface area (Å²) in [5.41, 5.74) is 2.99. The summed E-state index contributed by atoms with van der Waals surface area (Å²) >= 11 is 0. The van der Waals surface area contributed by atoms with Gasteiger partial charge in [-0.15, -0.1) is 0 Å². The van der Waals surface area contributed by atoms with E-state index in [-0.39, 0.29) is 5.91 Å². The number of aryl methyl sites for hydroxylation is 1. The largest absolute Gasteiger partial charge is 0.353 e. The van der Waals surface area contributed by atoms with Crippen molar-refractivity contribution in [3.05, 3.63) is 47.8 Å². The number of hydrogen-bond acceptors (Lipinski definition) is 6. The van der Waals surface area contributed by atoms with Crippen molar-refractivity contribution in [1.29, 1.82) is 0 Å². The molecule has 1 saturated carbocycles. The molecule has 1 amide bonds. The van der Waals surface area contributed by atoms with Crippen molar-refractivity contribution in [3.63, 3.8) is 0 Å². The van der Waals surface area contributed by atoms with Gasteiger partial charge < -0.3 is 14.7 Å². The summed E-state index contributed by atoms with van der Waals surface area (Å²) in [5.74, 6) is 0.714. The van der Waals surface area contributed by atoms with Crippen LogP contribution >= 0.6 is 0 Å². The summed E-state index contributed by atoms with van der Waals surface area (Å²) < 4.78 is 7.50. The maximum absolute atomic E-state index is 11.9. The molecule has 0 unspecified atom stereocenters. The molecule has 1 aromatic carbocycles. The first-order valence-electron chi connectivity index (χ1n) is 9.74. The van der Waals surface area contributed by atoms with E-state index in [1.807, 2.05) is 35.0 Å². The molecule has 1 N–H and O–H groups in total. The SMILES string of the molecule is O=C(CCc1cc2n(n1)CCN(c1nc(-c3ccccc3)no1)C2)NC1CC1. The van der Waals surface area contributed by atoms with Crippen LogP contribution in [0.2, 0.25) is 0 Å². The van der Waals surface area contributed by atoms with Gasteiger partial charge in [0.05, 0.1) is 24.5 Å². The third kappa shape index (κ3) is 3.62. The van der Waals surface area contributed by atoms with Gasteiger partial charge in [-0.1, -0.05) is 35.5 Å². The van der Waals surface area contributed by atoms with Gasteiger partial charge in [-0.05, 0) is 18.9 Å². The maximum atomic E-state index is 11.9. The molecule has 8 nitrogen and oxygen atoms in total. The highest BCUT2D eigenvalue weighted by Crippen LogP contribution is 2.24. The third-order valence-electron chi connectivity index (χ3n) is 5.12. The van der Waals surface area contributed by atoms with Gasteiger partial charge in [0.25, 0.3) is 0 Å². The van der Waals surface area contributed by atoms with E-state index in [1.54, 1.807) is 0 Å². The Morgan fingerprint density at radius 2 is 2.07 bits per heavy atom. The van der Waals surface area contributed by atoms with Crippen molar-refractivity contribution >= 4 is 11.9 Å². The predicted molar refractivity (Wildman–Crippen MR) is 102 cm³/mol. The number of benzene rings is 1. The number of carbonyl (C=O) groups excluding carboxylic acids is 1. The first-order chi connectivity index (χ1) is 13.7. The molecule has 3 heterocycles. The lowest BCUT2D eigenvalue weighted by Crippen LogP contribution is -2.34. The minimum absolute atomic E-state index is 0.120. The van der Waals surface area contributed by atoms with Crippen LogP contribution in [0.5, 0.6) is 0 Å². The number of rotatable bonds is 6. The Labute approximate surface area is 162 Å². The van der Waals surface area contributed by atoms with Crippen LogP contribution in [0.3, 0.4) is 0 Å². The van der Waals surface area contributed by atoms with Gasteiger partial charge >= 0.3 is 6.01 Å². The fourth-order valence-electron chi connectivity index (χ4n) is 3.43. The molecule has 1 aliphatic carbocycles. The molecule has 0 bridgehead atoms. The molecule has 0 radical (unpaired) electrons. The molecule has 8 heteroatoms. The third-order valence-corrected chi connectivity index (χ3v) is 5.12. The van der Waals surface area contributed by atoms with E-state index in [1.165, 1.54) is 0 Å². The molecule has 144 valence electrons. The summed E-state index contributed by atoms with van der Waals surface area (Å²) in [6.45, 7) is 2.18. The minimum Gasteiger partial charge on any atom is -0.353 e. The zero-order valence-electron chi connectivity index (χ0n) is 15.5. The molecular weight excluding hydrogens is 356 g/mol. The predicted octanol–water partition coefficient (Wildman–Crippen LogP) is 2.16. The molecule has 1 aliphatic heterocycles. The van der Waals surface area contributed by atoms with Crippen molar-refractivity contribution in [2.75, 3.05) is 11.4 Å². The van der Waals surface area contributed by atoms with Crippen LogP contribution < -0.4 is 10.2 Å². The van der Waals surface area contributed by atoms with E-state index < -0.39 is 0 Å². The van der Waals surface area contributed by atoms with Crippen LogP contribution in [0.4, 0.5) is 6.01 Å². The van der Waals surface area contributed by atoms with Gasteiger partial charge in [0.2, 0.25) is 11.7 Å². The number of nitrogens with one attached hydrogen (secondary N) is 1. The molecule has 3 aromatic rings. The molecule has 0 atom stereocenters. The van der Waals surface area contributed by atoms with Crippen LogP contribution in [0.25, 0.3) is 11.4 Å². The molecule has 1 fully saturated rings. The van der Waals surface area contributed by atoms with Crippen LogP contribution in [0, 0.1) is 0 Å². The molecular formula is C20H22N6O2. The van der Waals surface area contributed by atoms with E-state index in [0.29, 0.717) is 37.3 Å². The highest BCUT2D eigenvalue weighted by molar-refractivity contribution is 5.76. The Balaban J connectivity index is 1.23. The van der Waals surface area contributed by atoms with Gasteiger partial charge in [-0.25, -0.2) is 0 Å². The van der Waals surface area contributed by atoms with Crippen LogP contribution in [-0.4, -0.2) is 38.4 Å². The molecule has 28 heavy (non-hydrogen) atoms. The summed E-state index contributed by atoms with van der Waals surface area (Å²) in [7, 11) is 0. The quantitative estimate of drug-likeness (QED) is 0.707. The lowest BCUT2D eigenvalue weighted by Gasteiger charge is -2.25. The van der Waals surface area contributed by atoms with Crippen LogP contribution in [0.1, 0.15) is 30.7 Å².